The second kappa shape index (κ2) is 7.44. The van der Waals surface area contributed by atoms with E-state index in [1.54, 1.807) is 30.3 Å². The first-order valence-electron chi connectivity index (χ1n) is 8.42. The summed E-state index contributed by atoms with van der Waals surface area (Å²) in [6.07, 6.45) is 0. The lowest BCUT2D eigenvalue weighted by molar-refractivity contribution is -0.115. The van der Waals surface area contributed by atoms with Gasteiger partial charge in [0.2, 0.25) is 5.91 Å². The first-order chi connectivity index (χ1) is 13.4. The number of nitrogens with one attached hydrogen (secondary N) is 1. The summed E-state index contributed by atoms with van der Waals surface area (Å²) in [5.41, 5.74) is 1.38. The molecule has 1 N–H and O–H groups in total. The number of carbonyl (C=O) groups excluding carboxylic acids is 2. The zero-order valence-corrected chi connectivity index (χ0v) is 17.1. The van der Waals surface area contributed by atoms with Crippen LogP contribution in [-0.2, 0) is 16.1 Å². The molecule has 1 aliphatic heterocycles. The van der Waals surface area contributed by atoms with Gasteiger partial charge in [-0.1, -0.05) is 15.9 Å². The van der Waals surface area contributed by atoms with Crippen molar-refractivity contribution in [3.8, 4) is 0 Å². The lowest BCUT2D eigenvalue weighted by Crippen LogP contribution is -2.26. The molecular weight excluding hydrogens is 446 g/mol. The minimum atomic E-state index is -0.542. The first-order valence-corrected chi connectivity index (χ1v) is 10.1. The van der Waals surface area contributed by atoms with E-state index in [1.807, 2.05) is 13.0 Å². The Hall–Kier alpha value is -2.58. The molecule has 1 aliphatic rings. The maximum absolute atomic E-state index is 12.5. The van der Waals surface area contributed by atoms with Crippen LogP contribution in [0.5, 0.6) is 0 Å². The molecule has 28 heavy (non-hydrogen) atoms. The van der Waals surface area contributed by atoms with Gasteiger partial charge >= 0.3 is 11.6 Å². The molecular formula is C20H14BrNO5S. The molecule has 0 fully saturated rings. The van der Waals surface area contributed by atoms with Gasteiger partial charge in [-0.2, -0.15) is 0 Å². The molecule has 1 amide bonds. The number of thioether (sulfide) groups is 1. The molecule has 3 aromatic rings. The Morgan fingerprint density at radius 2 is 2.04 bits per heavy atom. The highest BCUT2D eigenvalue weighted by molar-refractivity contribution is 9.10. The highest BCUT2D eigenvalue weighted by Gasteiger charge is 2.24. The Balaban J connectivity index is 1.56. The van der Waals surface area contributed by atoms with E-state index in [0.717, 1.165) is 9.37 Å². The largest absolute Gasteiger partial charge is 0.457 e. The fourth-order valence-electron chi connectivity index (χ4n) is 2.89. The SMILES string of the molecule is CC1Sc2ccc(C(=O)OCc3cc(=O)oc4cc(Br)ccc34)cc2NC1=O. The topological polar surface area (TPSA) is 85.6 Å². The lowest BCUT2D eigenvalue weighted by Gasteiger charge is -2.21. The van der Waals surface area contributed by atoms with Crippen molar-refractivity contribution in [3.63, 3.8) is 0 Å². The smallest absolute Gasteiger partial charge is 0.338 e. The van der Waals surface area contributed by atoms with Crippen LogP contribution in [0.25, 0.3) is 11.0 Å². The predicted octanol–water partition coefficient (Wildman–Crippen LogP) is 4.35. The van der Waals surface area contributed by atoms with Gasteiger partial charge < -0.3 is 14.5 Å². The van der Waals surface area contributed by atoms with Crippen LogP contribution in [0.4, 0.5) is 5.69 Å². The number of carbonyl (C=O) groups is 2. The quantitative estimate of drug-likeness (QED) is 0.462. The molecule has 0 radical (unpaired) electrons. The fraction of sp³-hybridized carbons (Fsp3) is 0.150. The molecule has 142 valence electrons. The minimum absolute atomic E-state index is 0.0716. The zero-order chi connectivity index (χ0) is 19.8. The van der Waals surface area contributed by atoms with Crippen LogP contribution in [0.1, 0.15) is 22.8 Å². The number of fused-ring (bicyclic) bond motifs is 2. The summed E-state index contributed by atoms with van der Waals surface area (Å²) >= 11 is 4.77. The molecule has 2 aromatic carbocycles. The van der Waals surface area contributed by atoms with E-state index in [2.05, 4.69) is 21.2 Å². The number of hydrogen-bond acceptors (Lipinski definition) is 6. The van der Waals surface area contributed by atoms with Gasteiger partial charge in [-0.05, 0) is 43.3 Å². The van der Waals surface area contributed by atoms with E-state index in [4.69, 9.17) is 9.15 Å². The maximum atomic E-state index is 12.5. The van der Waals surface area contributed by atoms with E-state index in [9.17, 15) is 14.4 Å². The van der Waals surface area contributed by atoms with Crippen LogP contribution in [0, 0.1) is 0 Å². The monoisotopic (exact) mass is 459 g/mol. The Morgan fingerprint density at radius 1 is 1.21 bits per heavy atom. The molecule has 6 nitrogen and oxygen atoms in total. The van der Waals surface area contributed by atoms with Crippen molar-refractivity contribution >= 4 is 56.2 Å². The average molecular weight is 460 g/mol. The summed E-state index contributed by atoms with van der Waals surface area (Å²) in [7, 11) is 0. The second-order valence-corrected chi connectivity index (χ2v) is 8.57. The number of amides is 1. The lowest BCUT2D eigenvalue weighted by atomic mass is 10.1. The van der Waals surface area contributed by atoms with E-state index >= 15 is 0 Å². The number of halogens is 1. The van der Waals surface area contributed by atoms with Gasteiger partial charge in [0, 0.05) is 26.4 Å². The molecule has 4 rings (SSSR count). The van der Waals surface area contributed by atoms with Gasteiger partial charge in [-0.25, -0.2) is 9.59 Å². The van der Waals surface area contributed by atoms with E-state index < -0.39 is 11.6 Å². The highest BCUT2D eigenvalue weighted by atomic mass is 79.9. The Morgan fingerprint density at radius 3 is 2.86 bits per heavy atom. The van der Waals surface area contributed by atoms with Crippen molar-refractivity contribution in [1.29, 1.82) is 0 Å². The summed E-state index contributed by atoms with van der Waals surface area (Å²) < 4.78 is 11.4. The second-order valence-electron chi connectivity index (χ2n) is 6.27. The average Bonchev–Trinajstić information content (AvgIpc) is 2.66. The van der Waals surface area contributed by atoms with Crippen molar-refractivity contribution in [3.05, 3.63) is 68.5 Å². The number of benzene rings is 2. The third-order valence-electron chi connectivity index (χ3n) is 4.30. The van der Waals surface area contributed by atoms with Gasteiger partial charge in [-0.3, -0.25) is 4.79 Å². The van der Waals surface area contributed by atoms with Crippen LogP contribution < -0.4 is 10.9 Å². The predicted molar refractivity (Wildman–Crippen MR) is 110 cm³/mol. The molecule has 0 bridgehead atoms. The number of esters is 1. The Bertz CT molecular complexity index is 1170. The molecule has 1 aromatic heterocycles. The van der Waals surface area contributed by atoms with Crippen molar-refractivity contribution in [2.75, 3.05) is 5.32 Å². The van der Waals surface area contributed by atoms with Crippen LogP contribution >= 0.6 is 27.7 Å². The van der Waals surface area contributed by atoms with E-state index in [-0.39, 0.29) is 17.8 Å². The highest BCUT2D eigenvalue weighted by Crippen LogP contribution is 2.36. The molecule has 0 saturated carbocycles. The molecule has 0 spiro atoms. The van der Waals surface area contributed by atoms with Crippen LogP contribution in [0.15, 0.2) is 61.0 Å². The van der Waals surface area contributed by atoms with Gasteiger partial charge in [0.15, 0.2) is 0 Å². The Labute approximate surface area is 172 Å². The van der Waals surface area contributed by atoms with E-state index in [0.29, 0.717) is 27.8 Å². The van der Waals surface area contributed by atoms with Gasteiger partial charge in [-0.15, -0.1) is 11.8 Å². The maximum Gasteiger partial charge on any atom is 0.338 e. The summed E-state index contributed by atoms with van der Waals surface area (Å²) in [6, 6.07) is 11.7. The summed E-state index contributed by atoms with van der Waals surface area (Å²) in [4.78, 5) is 37.0. The standard InChI is InChI=1S/C20H14BrNO5S/c1-10-19(24)22-15-6-11(2-5-17(15)28-10)20(25)26-9-12-7-18(23)27-16-8-13(21)3-4-14(12)16/h2-8,10H,9H2,1H3,(H,22,24). The Kier molecular flexibility index (Phi) is 4.99. The van der Waals surface area contributed by atoms with Gasteiger partial charge in [0.1, 0.15) is 12.2 Å². The minimum Gasteiger partial charge on any atom is -0.457 e. The number of hydrogen-bond donors (Lipinski definition) is 1. The number of anilines is 1. The summed E-state index contributed by atoms with van der Waals surface area (Å²) in [5, 5.41) is 3.31. The normalized spacial score (nSPS) is 15.8. The zero-order valence-electron chi connectivity index (χ0n) is 14.7. The molecule has 2 heterocycles. The third-order valence-corrected chi connectivity index (χ3v) is 5.97. The molecule has 1 atom stereocenters. The van der Waals surface area contributed by atoms with Crippen molar-refractivity contribution in [2.24, 2.45) is 0 Å². The molecule has 0 saturated heterocycles. The van der Waals surface area contributed by atoms with Crippen molar-refractivity contribution in [1.82, 2.24) is 0 Å². The first kappa shape index (κ1) is 18.8. The van der Waals surface area contributed by atoms with Crippen molar-refractivity contribution < 1.29 is 18.7 Å². The van der Waals surface area contributed by atoms with E-state index in [1.165, 1.54) is 17.8 Å². The fourth-order valence-corrected chi connectivity index (χ4v) is 4.16. The summed E-state index contributed by atoms with van der Waals surface area (Å²) in [5.74, 6) is -0.643. The van der Waals surface area contributed by atoms with Crippen molar-refractivity contribution in [2.45, 2.75) is 23.7 Å². The van der Waals surface area contributed by atoms with Crippen LogP contribution in [-0.4, -0.2) is 17.1 Å². The van der Waals surface area contributed by atoms with Crippen LogP contribution in [0.2, 0.25) is 0 Å². The third kappa shape index (κ3) is 3.70. The number of rotatable bonds is 3. The molecule has 0 aliphatic carbocycles. The number of ether oxygens (including phenoxy) is 1. The van der Waals surface area contributed by atoms with Crippen LogP contribution in [0.3, 0.4) is 0 Å². The van der Waals surface area contributed by atoms with Gasteiger partial charge in [0.05, 0.1) is 16.5 Å². The molecule has 1 unspecified atom stereocenters. The molecule has 8 heteroatoms. The van der Waals surface area contributed by atoms with Gasteiger partial charge in [0.25, 0.3) is 0 Å². The summed E-state index contributed by atoms with van der Waals surface area (Å²) in [6.45, 7) is 1.75.